The van der Waals surface area contributed by atoms with Crippen molar-refractivity contribution in [2.45, 2.75) is 27.3 Å². The SMILES string of the molecule is CCOc1cccc(NCc2c(C)noc2C)c1N. The van der Waals surface area contributed by atoms with Crippen molar-refractivity contribution in [2.24, 2.45) is 0 Å². The molecule has 0 fully saturated rings. The highest BCUT2D eigenvalue weighted by atomic mass is 16.5. The predicted octanol–water partition coefficient (Wildman–Crippen LogP) is 2.88. The van der Waals surface area contributed by atoms with E-state index in [2.05, 4.69) is 10.5 Å². The number of para-hydroxylation sites is 1. The van der Waals surface area contributed by atoms with Crippen molar-refractivity contribution in [2.75, 3.05) is 17.7 Å². The summed E-state index contributed by atoms with van der Waals surface area (Å²) >= 11 is 0. The van der Waals surface area contributed by atoms with Crippen LogP contribution in [0, 0.1) is 13.8 Å². The summed E-state index contributed by atoms with van der Waals surface area (Å²) in [6.07, 6.45) is 0. The molecule has 0 aliphatic heterocycles. The Bertz CT molecular complexity index is 544. The highest BCUT2D eigenvalue weighted by molar-refractivity contribution is 5.73. The van der Waals surface area contributed by atoms with Gasteiger partial charge in [0, 0.05) is 12.1 Å². The van der Waals surface area contributed by atoms with E-state index in [1.165, 1.54) is 0 Å². The zero-order chi connectivity index (χ0) is 13.8. The number of anilines is 2. The van der Waals surface area contributed by atoms with Crippen molar-refractivity contribution < 1.29 is 9.26 Å². The number of aryl methyl sites for hydroxylation is 2. The van der Waals surface area contributed by atoms with Crippen LogP contribution in [0.2, 0.25) is 0 Å². The van der Waals surface area contributed by atoms with E-state index in [0.717, 1.165) is 22.7 Å². The molecule has 0 bridgehead atoms. The van der Waals surface area contributed by atoms with Gasteiger partial charge in [-0.2, -0.15) is 0 Å². The lowest BCUT2D eigenvalue weighted by atomic mass is 10.2. The van der Waals surface area contributed by atoms with E-state index in [1.54, 1.807) is 0 Å². The number of nitrogens with two attached hydrogens (primary N) is 1. The molecule has 1 aromatic carbocycles. The molecule has 19 heavy (non-hydrogen) atoms. The largest absolute Gasteiger partial charge is 0.492 e. The van der Waals surface area contributed by atoms with E-state index < -0.39 is 0 Å². The van der Waals surface area contributed by atoms with Crippen molar-refractivity contribution in [1.29, 1.82) is 0 Å². The van der Waals surface area contributed by atoms with Crippen LogP contribution in [0.25, 0.3) is 0 Å². The fourth-order valence-electron chi connectivity index (χ4n) is 1.92. The van der Waals surface area contributed by atoms with Crippen LogP contribution < -0.4 is 15.8 Å². The highest BCUT2D eigenvalue weighted by Crippen LogP contribution is 2.30. The molecule has 0 saturated carbocycles. The third-order valence-electron chi connectivity index (χ3n) is 3.00. The minimum absolute atomic E-state index is 0.595. The number of nitrogens with zero attached hydrogens (tertiary/aromatic N) is 1. The smallest absolute Gasteiger partial charge is 0.144 e. The summed E-state index contributed by atoms with van der Waals surface area (Å²) in [5, 5.41) is 7.22. The molecule has 102 valence electrons. The van der Waals surface area contributed by atoms with Gasteiger partial charge in [0.25, 0.3) is 0 Å². The maximum atomic E-state index is 6.06. The lowest BCUT2D eigenvalue weighted by Crippen LogP contribution is -2.05. The molecule has 0 radical (unpaired) electrons. The molecule has 3 N–H and O–H groups in total. The number of benzene rings is 1. The highest BCUT2D eigenvalue weighted by Gasteiger charge is 2.10. The zero-order valence-electron chi connectivity index (χ0n) is 11.5. The van der Waals surface area contributed by atoms with Crippen molar-refractivity contribution >= 4 is 11.4 Å². The number of nitrogen functional groups attached to an aromatic ring is 1. The molecule has 5 nitrogen and oxygen atoms in total. The average Bonchev–Trinajstić information content (AvgIpc) is 2.71. The Hall–Kier alpha value is -2.17. The fourth-order valence-corrected chi connectivity index (χ4v) is 1.92. The van der Waals surface area contributed by atoms with Gasteiger partial charge in [0.15, 0.2) is 0 Å². The number of ether oxygens (including phenoxy) is 1. The Morgan fingerprint density at radius 3 is 2.79 bits per heavy atom. The van der Waals surface area contributed by atoms with Gasteiger partial charge in [-0.15, -0.1) is 0 Å². The van der Waals surface area contributed by atoms with E-state index in [9.17, 15) is 0 Å². The number of nitrogens with one attached hydrogen (secondary N) is 1. The molecule has 0 saturated heterocycles. The molecule has 0 amide bonds. The summed E-state index contributed by atoms with van der Waals surface area (Å²) in [5.74, 6) is 1.52. The van der Waals surface area contributed by atoms with E-state index in [0.29, 0.717) is 24.6 Å². The molecule has 2 rings (SSSR count). The van der Waals surface area contributed by atoms with Crippen molar-refractivity contribution in [1.82, 2.24) is 5.16 Å². The van der Waals surface area contributed by atoms with Crippen LogP contribution in [0.1, 0.15) is 23.9 Å². The third-order valence-corrected chi connectivity index (χ3v) is 3.00. The van der Waals surface area contributed by atoms with Gasteiger partial charge in [-0.05, 0) is 32.9 Å². The van der Waals surface area contributed by atoms with E-state index in [1.807, 2.05) is 39.0 Å². The van der Waals surface area contributed by atoms with Crippen LogP contribution in [0.3, 0.4) is 0 Å². The number of aromatic nitrogens is 1. The average molecular weight is 261 g/mol. The molecule has 0 atom stereocenters. The van der Waals surface area contributed by atoms with E-state index in [-0.39, 0.29) is 0 Å². The summed E-state index contributed by atoms with van der Waals surface area (Å²) in [4.78, 5) is 0. The minimum Gasteiger partial charge on any atom is -0.492 e. The second-order valence-corrected chi connectivity index (χ2v) is 4.31. The summed E-state index contributed by atoms with van der Waals surface area (Å²) in [5.41, 5.74) is 9.48. The van der Waals surface area contributed by atoms with Crippen LogP contribution in [-0.2, 0) is 6.54 Å². The normalized spacial score (nSPS) is 10.5. The molecular weight excluding hydrogens is 242 g/mol. The second kappa shape index (κ2) is 5.65. The monoisotopic (exact) mass is 261 g/mol. The molecule has 0 spiro atoms. The van der Waals surface area contributed by atoms with Gasteiger partial charge < -0.3 is 20.3 Å². The Morgan fingerprint density at radius 2 is 2.16 bits per heavy atom. The molecule has 0 aliphatic carbocycles. The lowest BCUT2D eigenvalue weighted by Gasteiger charge is -2.13. The summed E-state index contributed by atoms with van der Waals surface area (Å²) in [6, 6.07) is 5.70. The van der Waals surface area contributed by atoms with Crippen molar-refractivity contribution in [3.63, 3.8) is 0 Å². The molecule has 0 aliphatic rings. The quantitative estimate of drug-likeness (QED) is 0.810. The topological polar surface area (TPSA) is 73.3 Å². The number of hydrogen-bond donors (Lipinski definition) is 2. The second-order valence-electron chi connectivity index (χ2n) is 4.31. The first-order valence-corrected chi connectivity index (χ1v) is 6.30. The standard InChI is InChI=1S/C14H19N3O2/c1-4-18-13-7-5-6-12(14(13)15)16-8-11-9(2)17-19-10(11)3/h5-7,16H,4,8,15H2,1-3H3. The Balaban J connectivity index is 2.14. The molecular formula is C14H19N3O2. The maximum Gasteiger partial charge on any atom is 0.144 e. The van der Waals surface area contributed by atoms with Crippen LogP contribution in [0.5, 0.6) is 5.75 Å². The van der Waals surface area contributed by atoms with Crippen LogP contribution >= 0.6 is 0 Å². The van der Waals surface area contributed by atoms with Crippen molar-refractivity contribution in [3.8, 4) is 5.75 Å². The summed E-state index contributed by atoms with van der Waals surface area (Å²) in [7, 11) is 0. The zero-order valence-corrected chi connectivity index (χ0v) is 11.5. The van der Waals surface area contributed by atoms with Gasteiger partial charge in [0.1, 0.15) is 11.5 Å². The van der Waals surface area contributed by atoms with E-state index >= 15 is 0 Å². The molecule has 0 unspecified atom stereocenters. The van der Waals surface area contributed by atoms with Crippen molar-refractivity contribution in [3.05, 3.63) is 35.2 Å². The summed E-state index contributed by atoms with van der Waals surface area (Å²) < 4.78 is 10.6. The number of rotatable bonds is 5. The third kappa shape index (κ3) is 2.81. The first kappa shape index (κ1) is 13.3. The van der Waals surface area contributed by atoms with Gasteiger partial charge in [0.2, 0.25) is 0 Å². The van der Waals surface area contributed by atoms with Gasteiger partial charge in [0.05, 0.1) is 23.7 Å². The van der Waals surface area contributed by atoms with Gasteiger partial charge >= 0.3 is 0 Å². The number of hydrogen-bond acceptors (Lipinski definition) is 5. The molecule has 2 aromatic rings. The molecule has 5 heteroatoms. The lowest BCUT2D eigenvalue weighted by molar-refractivity contribution is 0.342. The first-order chi connectivity index (χ1) is 9.13. The van der Waals surface area contributed by atoms with Gasteiger partial charge in [-0.25, -0.2) is 0 Å². The molecule has 1 aromatic heterocycles. The predicted molar refractivity (Wildman–Crippen MR) is 75.3 cm³/mol. The molecule has 1 heterocycles. The van der Waals surface area contributed by atoms with Gasteiger partial charge in [-0.1, -0.05) is 11.2 Å². The maximum absolute atomic E-state index is 6.06. The first-order valence-electron chi connectivity index (χ1n) is 6.30. The van der Waals surface area contributed by atoms with Crippen LogP contribution in [0.4, 0.5) is 11.4 Å². The fraction of sp³-hybridized carbons (Fsp3) is 0.357. The Kier molecular flexibility index (Phi) is 3.94. The van der Waals surface area contributed by atoms with Crippen LogP contribution in [0.15, 0.2) is 22.7 Å². The minimum atomic E-state index is 0.595. The van der Waals surface area contributed by atoms with Crippen LogP contribution in [-0.4, -0.2) is 11.8 Å². The van der Waals surface area contributed by atoms with Gasteiger partial charge in [-0.3, -0.25) is 0 Å². The summed E-state index contributed by atoms with van der Waals surface area (Å²) in [6.45, 7) is 6.98. The van der Waals surface area contributed by atoms with E-state index in [4.69, 9.17) is 15.0 Å². The Morgan fingerprint density at radius 1 is 1.37 bits per heavy atom. The Labute approximate surface area is 112 Å².